The van der Waals surface area contributed by atoms with Crippen LogP contribution in [0, 0.1) is 13.8 Å². The van der Waals surface area contributed by atoms with Gasteiger partial charge in [-0.3, -0.25) is 9.48 Å². The van der Waals surface area contributed by atoms with Gasteiger partial charge in [0.05, 0.1) is 28.0 Å². The van der Waals surface area contributed by atoms with Gasteiger partial charge in [-0.1, -0.05) is 30.8 Å². The lowest BCUT2D eigenvalue weighted by Crippen LogP contribution is -2.34. The fraction of sp³-hybridized carbons (Fsp3) is 0.500. The van der Waals surface area contributed by atoms with E-state index in [9.17, 15) is 4.79 Å². The van der Waals surface area contributed by atoms with Crippen LogP contribution in [0.4, 0.5) is 0 Å². The predicted octanol–water partition coefficient (Wildman–Crippen LogP) is 3.69. The lowest BCUT2D eigenvalue weighted by molar-refractivity contribution is 0.0935. The molecule has 3 aromatic heterocycles. The second-order valence-corrected chi connectivity index (χ2v) is 7.47. The van der Waals surface area contributed by atoms with Crippen molar-refractivity contribution in [3.8, 4) is 11.3 Å². The van der Waals surface area contributed by atoms with Crippen molar-refractivity contribution in [2.75, 3.05) is 0 Å². The molecule has 0 aliphatic heterocycles. The number of fused-ring (bicyclic) bond motifs is 1. The Morgan fingerprint density at radius 3 is 2.59 bits per heavy atom. The summed E-state index contributed by atoms with van der Waals surface area (Å²) >= 11 is 0. The Hall–Kier alpha value is -2.70. The van der Waals surface area contributed by atoms with Gasteiger partial charge in [0.25, 0.3) is 11.6 Å². The smallest absolute Gasteiger partial charge is 0.259 e. The van der Waals surface area contributed by atoms with Crippen molar-refractivity contribution in [1.82, 2.24) is 25.2 Å². The fourth-order valence-electron chi connectivity index (χ4n) is 3.95. The lowest BCUT2D eigenvalue weighted by Gasteiger charge is -2.16. The predicted molar refractivity (Wildman–Crippen MR) is 102 cm³/mol. The Balaban J connectivity index is 1.74. The summed E-state index contributed by atoms with van der Waals surface area (Å²) < 4.78 is 7.13. The van der Waals surface area contributed by atoms with Crippen LogP contribution in [0.5, 0.6) is 0 Å². The molecule has 0 aromatic carbocycles. The number of hydrogen-bond acceptors (Lipinski definition) is 5. The van der Waals surface area contributed by atoms with Gasteiger partial charge in [-0.25, -0.2) is 4.98 Å². The van der Waals surface area contributed by atoms with E-state index in [1.807, 2.05) is 33.2 Å². The number of pyridine rings is 1. The van der Waals surface area contributed by atoms with Crippen LogP contribution in [0.15, 0.2) is 16.8 Å². The van der Waals surface area contributed by atoms with E-state index >= 15 is 0 Å². The van der Waals surface area contributed by atoms with Gasteiger partial charge in [-0.2, -0.15) is 5.10 Å². The van der Waals surface area contributed by atoms with Crippen LogP contribution in [0.25, 0.3) is 22.4 Å². The Morgan fingerprint density at radius 2 is 1.93 bits per heavy atom. The summed E-state index contributed by atoms with van der Waals surface area (Å²) in [6.45, 7) is 3.77. The number of nitrogens with zero attached hydrogens (tertiary/aromatic N) is 4. The molecule has 1 fully saturated rings. The molecule has 1 saturated carbocycles. The number of amides is 1. The van der Waals surface area contributed by atoms with Gasteiger partial charge in [0.1, 0.15) is 0 Å². The second kappa shape index (κ2) is 7.13. The molecular formula is C20H25N5O2. The van der Waals surface area contributed by atoms with E-state index < -0.39 is 0 Å². The normalized spacial score (nSPS) is 15.8. The molecule has 1 amide bonds. The van der Waals surface area contributed by atoms with Crippen molar-refractivity contribution in [1.29, 1.82) is 0 Å². The van der Waals surface area contributed by atoms with Crippen LogP contribution >= 0.6 is 0 Å². The third-order valence-electron chi connectivity index (χ3n) is 5.34. The Labute approximate surface area is 158 Å². The molecule has 142 valence electrons. The average Bonchev–Trinajstić information content (AvgIpc) is 3.06. The van der Waals surface area contributed by atoms with Crippen LogP contribution in [-0.4, -0.2) is 31.9 Å². The van der Waals surface area contributed by atoms with Crippen molar-refractivity contribution in [3.63, 3.8) is 0 Å². The number of carbonyl (C=O) groups excluding carboxylic acids is 1. The topological polar surface area (TPSA) is 85.8 Å². The number of hydrogen-bond donors (Lipinski definition) is 1. The quantitative estimate of drug-likeness (QED) is 0.714. The highest BCUT2D eigenvalue weighted by molar-refractivity contribution is 6.07. The van der Waals surface area contributed by atoms with Crippen LogP contribution < -0.4 is 5.32 Å². The third-order valence-corrected chi connectivity index (χ3v) is 5.34. The molecule has 1 N–H and O–H groups in total. The molecule has 1 aliphatic carbocycles. The summed E-state index contributed by atoms with van der Waals surface area (Å²) in [5, 5.41) is 12.3. The Morgan fingerprint density at radius 1 is 1.19 bits per heavy atom. The zero-order valence-corrected chi connectivity index (χ0v) is 16.1. The first-order valence-electron chi connectivity index (χ1n) is 9.61. The summed E-state index contributed by atoms with van der Waals surface area (Å²) in [6.07, 6.45) is 8.82. The largest absolute Gasteiger partial charge is 0.349 e. The maximum Gasteiger partial charge on any atom is 0.259 e. The van der Waals surface area contributed by atoms with Gasteiger partial charge >= 0.3 is 0 Å². The molecular weight excluding hydrogens is 342 g/mol. The molecule has 3 heterocycles. The molecule has 0 spiro atoms. The summed E-state index contributed by atoms with van der Waals surface area (Å²) in [5.74, 6) is -0.0802. The third kappa shape index (κ3) is 3.46. The van der Waals surface area contributed by atoms with Crippen molar-refractivity contribution in [2.24, 2.45) is 7.05 Å². The summed E-state index contributed by atoms with van der Waals surface area (Å²) in [4.78, 5) is 17.7. The minimum atomic E-state index is -0.0802. The van der Waals surface area contributed by atoms with Crippen LogP contribution in [0.2, 0.25) is 0 Å². The summed E-state index contributed by atoms with van der Waals surface area (Å²) in [5.41, 5.74) is 4.06. The molecule has 7 heteroatoms. The highest BCUT2D eigenvalue weighted by Gasteiger charge is 2.23. The molecule has 0 radical (unpaired) electrons. The van der Waals surface area contributed by atoms with Crippen molar-refractivity contribution in [3.05, 3.63) is 29.2 Å². The first kappa shape index (κ1) is 17.7. The number of nitrogens with one attached hydrogen (secondary N) is 1. The van der Waals surface area contributed by atoms with Gasteiger partial charge in [0.2, 0.25) is 0 Å². The summed E-state index contributed by atoms with van der Waals surface area (Å²) in [7, 11) is 1.87. The second-order valence-electron chi connectivity index (χ2n) is 7.47. The molecule has 0 saturated heterocycles. The molecule has 0 atom stereocenters. The molecule has 3 aromatic rings. The van der Waals surface area contributed by atoms with E-state index in [2.05, 4.69) is 20.6 Å². The van der Waals surface area contributed by atoms with Crippen molar-refractivity contribution >= 4 is 17.0 Å². The van der Waals surface area contributed by atoms with Crippen molar-refractivity contribution in [2.45, 2.75) is 58.4 Å². The molecule has 1 aliphatic rings. The van der Waals surface area contributed by atoms with E-state index in [0.717, 1.165) is 24.1 Å². The van der Waals surface area contributed by atoms with E-state index in [-0.39, 0.29) is 11.9 Å². The first-order chi connectivity index (χ1) is 13.0. The number of aromatic nitrogens is 4. The van der Waals surface area contributed by atoms with E-state index in [0.29, 0.717) is 28.1 Å². The number of aryl methyl sites for hydroxylation is 3. The van der Waals surface area contributed by atoms with E-state index in [4.69, 9.17) is 4.52 Å². The van der Waals surface area contributed by atoms with Crippen LogP contribution in [-0.2, 0) is 7.05 Å². The SMILES string of the molecule is Cc1nn(C)cc1-c1cc(C(=O)NC2CCCCCC2)c2c(C)noc2n1. The molecule has 27 heavy (non-hydrogen) atoms. The van der Waals surface area contributed by atoms with Gasteiger partial charge in [-0.05, 0) is 32.8 Å². The Kier molecular flexibility index (Phi) is 4.68. The highest BCUT2D eigenvalue weighted by atomic mass is 16.5. The maximum atomic E-state index is 13.1. The minimum Gasteiger partial charge on any atom is -0.349 e. The summed E-state index contributed by atoms with van der Waals surface area (Å²) in [6, 6.07) is 2.06. The zero-order valence-electron chi connectivity index (χ0n) is 16.1. The fourth-order valence-corrected chi connectivity index (χ4v) is 3.95. The molecule has 0 bridgehead atoms. The van der Waals surface area contributed by atoms with Gasteiger partial charge in [0.15, 0.2) is 0 Å². The monoisotopic (exact) mass is 367 g/mol. The standard InChI is InChI=1S/C20H25N5O2/c1-12-16(11-25(3)23-12)17-10-15(18-13(2)24-27-20(18)22-17)19(26)21-14-8-6-4-5-7-9-14/h10-11,14H,4-9H2,1-3H3,(H,21,26). The highest BCUT2D eigenvalue weighted by Crippen LogP contribution is 2.28. The van der Waals surface area contributed by atoms with Crippen LogP contribution in [0.3, 0.4) is 0 Å². The van der Waals surface area contributed by atoms with Gasteiger partial charge < -0.3 is 9.84 Å². The lowest BCUT2D eigenvalue weighted by atomic mass is 10.0. The van der Waals surface area contributed by atoms with E-state index in [1.165, 1.54) is 25.7 Å². The van der Waals surface area contributed by atoms with Gasteiger partial charge in [-0.15, -0.1) is 0 Å². The molecule has 7 nitrogen and oxygen atoms in total. The zero-order chi connectivity index (χ0) is 19.0. The van der Waals surface area contributed by atoms with Crippen molar-refractivity contribution < 1.29 is 9.32 Å². The Bertz CT molecular complexity index is 980. The minimum absolute atomic E-state index is 0.0802. The molecule has 0 unspecified atom stereocenters. The van der Waals surface area contributed by atoms with E-state index in [1.54, 1.807) is 4.68 Å². The van der Waals surface area contributed by atoms with Crippen LogP contribution in [0.1, 0.15) is 60.3 Å². The maximum absolute atomic E-state index is 13.1. The van der Waals surface area contributed by atoms with Gasteiger partial charge in [0, 0.05) is 24.8 Å². The number of carbonyl (C=O) groups is 1. The number of rotatable bonds is 3. The molecule has 4 rings (SSSR count). The average molecular weight is 367 g/mol. The first-order valence-corrected chi connectivity index (χ1v) is 9.61.